The van der Waals surface area contributed by atoms with E-state index in [4.69, 9.17) is 35.9 Å². The van der Waals surface area contributed by atoms with E-state index < -0.39 is 90.2 Å². The van der Waals surface area contributed by atoms with Gasteiger partial charge in [-0.05, 0) is 43.4 Å². The zero-order valence-corrected chi connectivity index (χ0v) is 39.2. The molecule has 0 radical (unpaired) electrons. The average Bonchev–Trinajstić information content (AvgIpc) is 3.80. The van der Waals surface area contributed by atoms with Gasteiger partial charge in [0, 0.05) is 35.7 Å². The van der Waals surface area contributed by atoms with Crippen LogP contribution in [0.2, 0.25) is 5.02 Å². The van der Waals surface area contributed by atoms with Gasteiger partial charge in [0.2, 0.25) is 16.9 Å². The number of carbonyl (C=O) groups is 3. The van der Waals surface area contributed by atoms with Crippen molar-refractivity contribution in [1.29, 1.82) is 0 Å². The largest absolute Gasteiger partial charge is 0.481 e. The number of nitrogens with two attached hydrogens (primary N) is 1. The van der Waals surface area contributed by atoms with Crippen LogP contribution in [0.1, 0.15) is 57.7 Å². The molecular weight excluding hydrogens is 967 g/mol. The summed E-state index contributed by atoms with van der Waals surface area (Å²) < 4.78 is 67.9. The third kappa shape index (κ3) is 15.5. The Bertz CT molecular complexity index is 2290. The van der Waals surface area contributed by atoms with Gasteiger partial charge in [0.15, 0.2) is 23.3 Å². The van der Waals surface area contributed by atoms with Crippen LogP contribution in [-0.4, -0.2) is 135 Å². The first kappa shape index (κ1) is 53.0. The van der Waals surface area contributed by atoms with E-state index >= 15 is 0 Å². The maximum atomic E-state index is 12.8. The molecule has 30 heteroatoms. The second kappa shape index (κ2) is 22.4. The number of anilines is 1. The number of amides is 2. The number of halogens is 1. The molecule has 1 aromatic carbocycles. The van der Waals surface area contributed by atoms with E-state index in [1.165, 1.54) is 19.4 Å². The smallest absolute Gasteiger partial charge is 0.386 e. The number of hydrogen-bond acceptors (Lipinski definition) is 19. The third-order valence-corrected chi connectivity index (χ3v) is 14.5. The summed E-state index contributed by atoms with van der Waals surface area (Å²) in [5.74, 6) is -1.18. The molecule has 2 amide bonds. The minimum absolute atomic E-state index is 0.0275. The number of aliphatic hydroxyl groups excluding tert-OH is 2. The van der Waals surface area contributed by atoms with E-state index in [2.05, 4.69) is 34.4 Å². The molecule has 362 valence electrons. The second-order valence-electron chi connectivity index (χ2n) is 15.7. The number of imidazole rings is 1. The molecule has 0 aliphatic carbocycles. The highest BCUT2D eigenvalue weighted by molar-refractivity contribution is 8.13. The number of ether oxygens (including phenoxy) is 2. The summed E-state index contributed by atoms with van der Waals surface area (Å²) in [6.07, 6.45) is -2.71. The Morgan fingerprint density at radius 2 is 1.72 bits per heavy atom. The van der Waals surface area contributed by atoms with E-state index in [1.54, 1.807) is 0 Å². The van der Waals surface area contributed by atoms with Crippen molar-refractivity contribution in [3.8, 4) is 0 Å². The molecule has 8 atom stereocenters. The fourth-order valence-electron chi connectivity index (χ4n) is 6.42. The molecule has 4 heterocycles. The Morgan fingerprint density at radius 3 is 2.40 bits per heavy atom. The predicted octanol–water partition coefficient (Wildman–Crippen LogP) is 1.89. The van der Waals surface area contributed by atoms with Crippen molar-refractivity contribution in [2.45, 2.75) is 88.6 Å². The molecule has 3 aromatic rings. The fourth-order valence-corrected chi connectivity index (χ4v) is 10.3. The average molecular weight is 1020 g/mol. The van der Waals surface area contributed by atoms with Crippen molar-refractivity contribution in [1.82, 2.24) is 30.2 Å². The topological polar surface area (TPSA) is 376 Å². The van der Waals surface area contributed by atoms with Crippen LogP contribution >= 0.6 is 46.8 Å². The van der Waals surface area contributed by atoms with E-state index in [0.29, 0.717) is 23.8 Å². The van der Waals surface area contributed by atoms with Gasteiger partial charge in [0.25, 0.3) is 0 Å². The van der Waals surface area contributed by atoms with Gasteiger partial charge in [-0.3, -0.25) is 32.5 Å². The number of benzene rings is 1. The molecule has 25 nitrogen and oxygen atoms in total. The van der Waals surface area contributed by atoms with Crippen molar-refractivity contribution >= 4 is 80.7 Å². The van der Waals surface area contributed by atoms with Gasteiger partial charge in [-0.25, -0.2) is 28.6 Å². The van der Waals surface area contributed by atoms with Crippen LogP contribution in [0.25, 0.3) is 11.2 Å². The van der Waals surface area contributed by atoms with Crippen LogP contribution < -0.4 is 16.4 Å². The number of aryl methyl sites for hydroxylation is 1. The quantitative estimate of drug-likeness (QED) is 0.0315. The third-order valence-electron chi connectivity index (χ3n) is 10.1. The molecule has 2 aliphatic heterocycles. The van der Waals surface area contributed by atoms with Gasteiger partial charge in [-0.2, -0.15) is 4.31 Å². The van der Waals surface area contributed by atoms with E-state index in [0.717, 1.165) is 54.7 Å². The standard InChI is InChI=1S/C35H51ClN7O18P3S/c1-34(2,28(46)31(47)39-13-11-24(44)38-14-15-65-33(48)35(18-56-35)12-5-3-4-6-21-7-9-22(36)10-8-21)17-58-64(54,55)61-63(52,53)57-16-23-27(60-62(49,50)51)26(45)32(59-23)43-20-42-25-29(37)40-19-41-30(25)43/h7-10,19-20,23,26-28,32,45-46H,3-6,11-18H2,1-2H3,(H,38,44)(H,39,47)(H,52,53)(H,54,55)(H2,37,40,41)(H2,49,50,51)/t23-,26-,27-,28+,32-,35?/m1/s1. The van der Waals surface area contributed by atoms with Gasteiger partial charge in [-0.15, -0.1) is 0 Å². The van der Waals surface area contributed by atoms with Gasteiger partial charge < -0.3 is 55.6 Å². The Labute approximate surface area is 380 Å². The highest BCUT2D eigenvalue weighted by atomic mass is 35.5. The number of nitrogens with zero attached hydrogens (tertiary/aromatic N) is 4. The molecule has 2 fully saturated rings. The van der Waals surface area contributed by atoms with Gasteiger partial charge in [0.1, 0.15) is 36.3 Å². The Morgan fingerprint density at radius 1 is 1.03 bits per heavy atom. The summed E-state index contributed by atoms with van der Waals surface area (Å²) >= 11 is 6.99. The lowest BCUT2D eigenvalue weighted by Crippen LogP contribution is -2.46. The van der Waals surface area contributed by atoms with Crippen molar-refractivity contribution in [3.63, 3.8) is 0 Å². The highest BCUT2D eigenvalue weighted by Crippen LogP contribution is 2.61. The number of carbonyl (C=O) groups excluding carboxylic acids is 3. The van der Waals surface area contributed by atoms with Crippen LogP contribution in [0.5, 0.6) is 0 Å². The Balaban J connectivity index is 0.986. The number of unbranched alkanes of at least 4 members (excludes halogenated alkanes) is 2. The molecule has 2 saturated heterocycles. The van der Waals surface area contributed by atoms with E-state index in [9.17, 15) is 57.9 Å². The number of thioether (sulfide) groups is 1. The van der Waals surface area contributed by atoms with E-state index in [1.807, 2.05) is 24.3 Å². The SMILES string of the molecule is CC(C)(COP(=O)(O)OP(=O)(O)OC[C@H]1O[C@@H](n2cnc3c(N)ncnc32)[C@H](O)[C@@H]1OP(=O)(O)O)[C@@H](O)C(=O)NCCC(=O)NCCSC(=O)C1(CCCCCc2ccc(Cl)cc2)CO1. The number of nitrogen functional groups attached to an aromatic ring is 1. The number of aromatic nitrogens is 4. The molecule has 0 saturated carbocycles. The normalized spacial score (nSPS) is 23.4. The number of rotatable bonds is 26. The Kier molecular flexibility index (Phi) is 18.3. The fraction of sp³-hybridized carbons (Fsp3) is 0.600. The summed E-state index contributed by atoms with van der Waals surface area (Å²) in [5.41, 5.74) is 4.66. The lowest BCUT2D eigenvalue weighted by molar-refractivity contribution is -0.137. The van der Waals surface area contributed by atoms with Crippen molar-refractivity contribution < 1.29 is 85.2 Å². The summed E-state index contributed by atoms with van der Waals surface area (Å²) in [4.78, 5) is 89.0. The molecular formula is C35H51ClN7O18P3S. The monoisotopic (exact) mass is 1020 g/mol. The molecule has 10 N–H and O–H groups in total. The molecule has 0 bridgehead atoms. The van der Waals surface area contributed by atoms with Gasteiger partial charge in [-0.1, -0.05) is 55.8 Å². The minimum atomic E-state index is -5.59. The summed E-state index contributed by atoms with van der Waals surface area (Å²) in [6.45, 7) is 0.789. The molecule has 5 rings (SSSR count). The van der Waals surface area contributed by atoms with Crippen molar-refractivity contribution in [2.24, 2.45) is 5.41 Å². The number of phosphoric acid groups is 3. The first-order valence-corrected chi connectivity index (χ1v) is 25.7. The predicted molar refractivity (Wildman–Crippen MR) is 229 cm³/mol. The number of epoxide rings is 1. The maximum absolute atomic E-state index is 12.8. The number of fused-ring (bicyclic) bond motifs is 1. The number of nitrogens with one attached hydrogen (secondary N) is 2. The zero-order chi connectivity index (χ0) is 47.8. The maximum Gasteiger partial charge on any atom is 0.481 e. The van der Waals surface area contributed by atoms with Gasteiger partial charge in [0.05, 0.1) is 26.1 Å². The van der Waals surface area contributed by atoms with Crippen LogP contribution in [0.3, 0.4) is 0 Å². The number of aliphatic hydroxyl groups is 2. The molecule has 2 aliphatic rings. The lowest BCUT2D eigenvalue weighted by atomic mass is 9.87. The summed E-state index contributed by atoms with van der Waals surface area (Å²) in [5, 5.41) is 27.2. The van der Waals surface area contributed by atoms with Gasteiger partial charge >= 0.3 is 23.5 Å². The summed E-state index contributed by atoms with van der Waals surface area (Å²) in [7, 11) is -16.4. The van der Waals surface area contributed by atoms with Crippen LogP contribution in [0.15, 0.2) is 36.9 Å². The van der Waals surface area contributed by atoms with Crippen molar-refractivity contribution in [2.75, 3.05) is 44.4 Å². The van der Waals surface area contributed by atoms with Crippen molar-refractivity contribution in [3.05, 3.63) is 47.5 Å². The number of phosphoric ester groups is 3. The first-order chi connectivity index (χ1) is 30.4. The molecule has 3 unspecified atom stereocenters. The zero-order valence-electron chi connectivity index (χ0n) is 34.9. The lowest BCUT2D eigenvalue weighted by Gasteiger charge is -2.30. The van der Waals surface area contributed by atoms with Crippen LogP contribution in [0.4, 0.5) is 5.82 Å². The molecule has 65 heavy (non-hydrogen) atoms. The molecule has 0 spiro atoms. The summed E-state index contributed by atoms with van der Waals surface area (Å²) in [6, 6.07) is 7.69. The first-order valence-electron chi connectivity index (χ1n) is 19.9. The van der Waals surface area contributed by atoms with Crippen LogP contribution in [0, 0.1) is 5.41 Å². The molecule has 2 aromatic heterocycles. The Hall–Kier alpha value is -2.97. The highest BCUT2D eigenvalue weighted by Gasteiger charge is 2.52. The second-order valence-corrected chi connectivity index (χ2v) is 21.4. The van der Waals surface area contributed by atoms with E-state index in [-0.39, 0.29) is 41.6 Å². The van der Waals surface area contributed by atoms with Crippen LogP contribution in [-0.2, 0) is 61.9 Å². The number of hydrogen-bond donors (Lipinski definition) is 9. The minimum Gasteiger partial charge on any atom is -0.386 e.